The molecule has 1 amide bonds. The molecule has 0 bridgehead atoms. The molecule has 6 N–H and O–H groups in total. The monoisotopic (exact) mass is 218 g/mol. The Balaban J connectivity index is 2.79. The summed E-state index contributed by atoms with van der Waals surface area (Å²) in [6.45, 7) is -0.0592. The molecule has 1 aliphatic heterocycles. The van der Waals surface area contributed by atoms with Crippen molar-refractivity contribution >= 4 is 5.91 Å². The van der Waals surface area contributed by atoms with E-state index in [4.69, 9.17) is 10.8 Å². The highest BCUT2D eigenvalue weighted by molar-refractivity contribution is 5.80. The van der Waals surface area contributed by atoms with Gasteiger partial charge in [0.15, 0.2) is 0 Å². The number of rotatable bonds is 4. The molecule has 4 atom stereocenters. The highest BCUT2D eigenvalue weighted by Gasteiger charge is 2.40. The number of nitrogens with one attached hydrogen (secondary N) is 1. The normalized spacial score (nSPS) is 36.5. The fourth-order valence-electron chi connectivity index (χ4n) is 2.21. The molecule has 88 valence electrons. The zero-order valence-electron chi connectivity index (χ0n) is 8.47. The molecule has 1 heterocycles. The molecule has 0 aliphatic carbocycles. The Kier molecular flexibility index (Phi) is 4.46. The summed E-state index contributed by atoms with van der Waals surface area (Å²) < 4.78 is 0. The van der Waals surface area contributed by atoms with Crippen LogP contribution in [0, 0.1) is 17.8 Å². The van der Waals surface area contributed by atoms with Crippen molar-refractivity contribution in [2.45, 2.75) is 6.04 Å². The van der Waals surface area contributed by atoms with E-state index in [1.807, 2.05) is 0 Å². The number of hydrogen-bond donors (Lipinski definition) is 5. The zero-order valence-corrected chi connectivity index (χ0v) is 8.47. The first-order chi connectivity index (χ1) is 7.15. The van der Waals surface area contributed by atoms with E-state index in [2.05, 4.69) is 5.32 Å². The van der Waals surface area contributed by atoms with E-state index in [9.17, 15) is 15.0 Å². The van der Waals surface area contributed by atoms with Crippen LogP contribution in [0.5, 0.6) is 0 Å². The molecule has 15 heavy (non-hydrogen) atoms. The van der Waals surface area contributed by atoms with Crippen molar-refractivity contribution in [1.29, 1.82) is 0 Å². The van der Waals surface area contributed by atoms with E-state index in [0.717, 1.165) is 0 Å². The second-order valence-electron chi connectivity index (χ2n) is 3.92. The first-order valence-corrected chi connectivity index (χ1v) is 5.01. The van der Waals surface area contributed by atoms with Crippen molar-refractivity contribution in [2.75, 3.05) is 26.4 Å². The summed E-state index contributed by atoms with van der Waals surface area (Å²) in [7, 11) is 0. The van der Waals surface area contributed by atoms with E-state index in [-0.39, 0.29) is 31.7 Å². The predicted molar refractivity (Wildman–Crippen MR) is 52.7 cm³/mol. The predicted octanol–water partition coefficient (Wildman–Crippen LogP) is -2.73. The fraction of sp³-hybridized carbons (Fsp3) is 0.889. The van der Waals surface area contributed by atoms with Gasteiger partial charge < -0.3 is 26.4 Å². The molecule has 0 unspecified atom stereocenters. The second kappa shape index (κ2) is 5.41. The lowest BCUT2D eigenvalue weighted by Crippen LogP contribution is -2.59. The van der Waals surface area contributed by atoms with Gasteiger partial charge in [0.1, 0.15) is 0 Å². The van der Waals surface area contributed by atoms with Crippen LogP contribution in [-0.2, 0) is 4.79 Å². The summed E-state index contributed by atoms with van der Waals surface area (Å²) in [6.07, 6.45) is 0. The van der Waals surface area contributed by atoms with E-state index >= 15 is 0 Å². The molecule has 1 fully saturated rings. The molecular formula is C9H18N2O4. The molecule has 6 heteroatoms. The van der Waals surface area contributed by atoms with Gasteiger partial charge in [0.05, 0.1) is 6.04 Å². The molecule has 1 saturated heterocycles. The van der Waals surface area contributed by atoms with Crippen LogP contribution in [0.3, 0.4) is 0 Å². The topological polar surface area (TPSA) is 116 Å². The van der Waals surface area contributed by atoms with E-state index in [1.165, 1.54) is 0 Å². The van der Waals surface area contributed by atoms with Crippen LogP contribution >= 0.6 is 0 Å². The molecule has 0 aromatic carbocycles. The van der Waals surface area contributed by atoms with Crippen molar-refractivity contribution in [3.8, 4) is 0 Å². The van der Waals surface area contributed by atoms with Gasteiger partial charge in [-0.1, -0.05) is 0 Å². The van der Waals surface area contributed by atoms with E-state index in [0.29, 0.717) is 6.54 Å². The quantitative estimate of drug-likeness (QED) is 0.351. The highest BCUT2D eigenvalue weighted by atomic mass is 16.3. The molecule has 6 nitrogen and oxygen atoms in total. The van der Waals surface area contributed by atoms with E-state index < -0.39 is 17.9 Å². The summed E-state index contributed by atoms with van der Waals surface area (Å²) in [4.78, 5) is 11.1. The van der Waals surface area contributed by atoms with Crippen molar-refractivity contribution < 1.29 is 20.1 Å². The summed E-state index contributed by atoms with van der Waals surface area (Å²) in [5.41, 5.74) is 5.18. The molecule has 0 radical (unpaired) electrons. The van der Waals surface area contributed by atoms with Gasteiger partial charge in [-0.05, 0) is 11.8 Å². The molecule has 0 spiro atoms. The Bertz CT molecular complexity index is 224. The smallest absolute Gasteiger partial charge is 0.234 e. The number of hydrogen-bond acceptors (Lipinski definition) is 5. The van der Waals surface area contributed by atoms with Gasteiger partial charge in [0, 0.05) is 32.3 Å². The third-order valence-corrected chi connectivity index (χ3v) is 3.15. The zero-order chi connectivity index (χ0) is 11.4. The van der Waals surface area contributed by atoms with Crippen molar-refractivity contribution in [3.05, 3.63) is 0 Å². The summed E-state index contributed by atoms with van der Waals surface area (Å²) in [6, 6.07) is -0.630. The van der Waals surface area contributed by atoms with Crippen LogP contribution in [0.15, 0.2) is 0 Å². The molecule has 1 aliphatic rings. The fourth-order valence-corrected chi connectivity index (χ4v) is 2.21. The largest absolute Gasteiger partial charge is 0.396 e. The lowest BCUT2D eigenvalue weighted by Gasteiger charge is -2.40. The number of nitrogens with two attached hydrogens (primary N) is 1. The van der Waals surface area contributed by atoms with Gasteiger partial charge in [0.25, 0.3) is 0 Å². The average molecular weight is 218 g/mol. The summed E-state index contributed by atoms with van der Waals surface area (Å²) >= 11 is 0. The number of carbonyl (C=O) groups excluding carboxylic acids is 1. The Morgan fingerprint density at radius 1 is 1.20 bits per heavy atom. The number of aliphatic hydroxyl groups excluding tert-OH is 3. The SMILES string of the molecule is NC(=O)[C@H]1NC[C@H](CO)[C@H](CO)[C@H]1CO. The lowest BCUT2D eigenvalue weighted by molar-refractivity contribution is -0.125. The number of amides is 1. The maximum Gasteiger partial charge on any atom is 0.234 e. The minimum Gasteiger partial charge on any atom is -0.396 e. The average Bonchev–Trinajstić information content (AvgIpc) is 2.26. The van der Waals surface area contributed by atoms with Gasteiger partial charge >= 0.3 is 0 Å². The summed E-state index contributed by atoms with van der Waals surface area (Å²) in [5.74, 6) is -1.41. The molecular weight excluding hydrogens is 200 g/mol. The van der Waals surface area contributed by atoms with Crippen LogP contribution in [0.25, 0.3) is 0 Å². The lowest BCUT2D eigenvalue weighted by atomic mass is 9.75. The van der Waals surface area contributed by atoms with Crippen LogP contribution < -0.4 is 11.1 Å². The Labute approximate surface area is 88.1 Å². The van der Waals surface area contributed by atoms with Gasteiger partial charge in [-0.25, -0.2) is 0 Å². The number of primary amides is 1. The Morgan fingerprint density at radius 2 is 1.80 bits per heavy atom. The second-order valence-corrected chi connectivity index (χ2v) is 3.92. The summed E-state index contributed by atoms with van der Waals surface area (Å²) in [5, 5.41) is 30.3. The van der Waals surface area contributed by atoms with Gasteiger partial charge in [-0.15, -0.1) is 0 Å². The molecule has 1 rings (SSSR count). The van der Waals surface area contributed by atoms with Crippen LogP contribution in [0.4, 0.5) is 0 Å². The number of piperidine rings is 1. The van der Waals surface area contributed by atoms with E-state index in [1.54, 1.807) is 0 Å². The van der Waals surface area contributed by atoms with Crippen LogP contribution in [0.2, 0.25) is 0 Å². The van der Waals surface area contributed by atoms with Crippen molar-refractivity contribution in [2.24, 2.45) is 23.5 Å². The number of aliphatic hydroxyl groups is 3. The molecule has 0 aromatic rings. The third kappa shape index (κ3) is 2.46. The highest BCUT2D eigenvalue weighted by Crippen LogP contribution is 2.27. The number of carbonyl (C=O) groups is 1. The first-order valence-electron chi connectivity index (χ1n) is 5.01. The van der Waals surface area contributed by atoms with Crippen molar-refractivity contribution in [1.82, 2.24) is 5.32 Å². The van der Waals surface area contributed by atoms with Gasteiger partial charge in [0.2, 0.25) is 5.91 Å². The maximum absolute atomic E-state index is 11.1. The van der Waals surface area contributed by atoms with Crippen LogP contribution in [-0.4, -0.2) is 53.6 Å². The van der Waals surface area contributed by atoms with Crippen molar-refractivity contribution in [3.63, 3.8) is 0 Å². The van der Waals surface area contributed by atoms with Gasteiger partial charge in [-0.3, -0.25) is 4.79 Å². The minimum atomic E-state index is -0.630. The third-order valence-electron chi connectivity index (χ3n) is 3.15. The standard InChI is InChI=1S/C9H18N2O4/c10-9(15)8-7(4-14)6(3-13)5(2-12)1-11-8/h5-8,11-14H,1-4H2,(H2,10,15)/t5-,6+,7-,8+/m1/s1. The Morgan fingerprint density at radius 3 is 2.20 bits per heavy atom. The minimum absolute atomic E-state index is 0.0831. The van der Waals surface area contributed by atoms with Gasteiger partial charge in [-0.2, -0.15) is 0 Å². The Hall–Kier alpha value is -0.690. The maximum atomic E-state index is 11.1. The molecule has 0 aromatic heterocycles. The van der Waals surface area contributed by atoms with Crippen LogP contribution in [0.1, 0.15) is 0 Å². The first kappa shape index (κ1) is 12.4. The molecule has 0 saturated carbocycles.